The minimum Gasteiger partial charge on any atom is -0.454 e. The second kappa shape index (κ2) is 7.14. The van der Waals surface area contributed by atoms with Gasteiger partial charge >= 0.3 is 0 Å². The number of fused-ring (bicyclic) bond motifs is 1. The standard InChI is InChI=1S/C19H19N3O5/c23-19(20-14-1-6-17-18(11-14)27-12-26-17)13-7-9-21(10-8-13)15-2-4-16(5-3-15)22(24)25/h1-6,11,13H,7-10,12H2,(H,20,23). The van der Waals surface area contributed by atoms with Crippen molar-refractivity contribution in [3.05, 3.63) is 52.6 Å². The number of nitrogens with zero attached hydrogens (tertiary/aromatic N) is 2. The van der Waals surface area contributed by atoms with Crippen LogP contribution in [0.3, 0.4) is 0 Å². The lowest BCUT2D eigenvalue weighted by Crippen LogP contribution is -2.38. The number of carbonyl (C=O) groups excluding carboxylic acids is 1. The number of nitro benzene ring substituents is 1. The molecule has 2 aromatic carbocycles. The summed E-state index contributed by atoms with van der Waals surface area (Å²) in [7, 11) is 0. The van der Waals surface area contributed by atoms with Crippen molar-refractivity contribution in [1.82, 2.24) is 0 Å². The quantitative estimate of drug-likeness (QED) is 0.657. The first-order chi connectivity index (χ1) is 13.1. The van der Waals surface area contributed by atoms with Crippen LogP contribution in [0.4, 0.5) is 17.1 Å². The van der Waals surface area contributed by atoms with E-state index in [4.69, 9.17) is 9.47 Å². The van der Waals surface area contributed by atoms with Gasteiger partial charge in [-0.3, -0.25) is 14.9 Å². The summed E-state index contributed by atoms with van der Waals surface area (Å²) in [5.41, 5.74) is 1.72. The largest absolute Gasteiger partial charge is 0.454 e. The Morgan fingerprint density at radius 3 is 2.48 bits per heavy atom. The summed E-state index contributed by atoms with van der Waals surface area (Å²) in [6, 6.07) is 11.9. The van der Waals surface area contributed by atoms with Crippen molar-refractivity contribution in [3.8, 4) is 11.5 Å². The molecule has 0 saturated carbocycles. The molecule has 1 amide bonds. The van der Waals surface area contributed by atoms with Crippen molar-refractivity contribution >= 4 is 23.0 Å². The van der Waals surface area contributed by atoms with Crippen LogP contribution in [-0.4, -0.2) is 30.7 Å². The van der Waals surface area contributed by atoms with E-state index in [1.54, 1.807) is 30.3 Å². The number of rotatable bonds is 4. The number of non-ortho nitro benzene ring substituents is 1. The summed E-state index contributed by atoms with van der Waals surface area (Å²) in [6.07, 6.45) is 1.46. The highest BCUT2D eigenvalue weighted by Crippen LogP contribution is 2.34. The number of ether oxygens (including phenoxy) is 2. The van der Waals surface area contributed by atoms with E-state index < -0.39 is 4.92 Å². The van der Waals surface area contributed by atoms with Crippen molar-refractivity contribution in [2.45, 2.75) is 12.8 Å². The van der Waals surface area contributed by atoms with Gasteiger partial charge in [0.1, 0.15) is 0 Å². The predicted octanol–water partition coefficient (Wildman–Crippen LogP) is 3.18. The first-order valence-corrected chi connectivity index (χ1v) is 8.80. The van der Waals surface area contributed by atoms with E-state index in [9.17, 15) is 14.9 Å². The van der Waals surface area contributed by atoms with E-state index in [1.807, 2.05) is 0 Å². The molecule has 0 radical (unpaired) electrons. The minimum atomic E-state index is -0.406. The van der Waals surface area contributed by atoms with Gasteiger partial charge in [0.2, 0.25) is 12.7 Å². The van der Waals surface area contributed by atoms with Gasteiger partial charge in [-0.05, 0) is 37.1 Å². The third-order valence-electron chi connectivity index (χ3n) is 4.93. The van der Waals surface area contributed by atoms with Gasteiger partial charge in [0.15, 0.2) is 11.5 Å². The van der Waals surface area contributed by atoms with E-state index in [1.165, 1.54) is 12.1 Å². The molecule has 2 aliphatic heterocycles. The van der Waals surface area contributed by atoms with Crippen LogP contribution in [-0.2, 0) is 4.79 Å². The molecule has 1 saturated heterocycles. The number of piperidine rings is 1. The third-order valence-corrected chi connectivity index (χ3v) is 4.93. The molecule has 4 rings (SSSR count). The molecule has 8 nitrogen and oxygen atoms in total. The molecule has 0 aromatic heterocycles. The molecule has 0 bridgehead atoms. The molecule has 8 heteroatoms. The Morgan fingerprint density at radius 1 is 1.07 bits per heavy atom. The van der Waals surface area contributed by atoms with Crippen LogP contribution in [0.1, 0.15) is 12.8 Å². The molecule has 140 valence electrons. The lowest BCUT2D eigenvalue weighted by Gasteiger charge is -2.33. The fourth-order valence-electron chi connectivity index (χ4n) is 3.40. The maximum Gasteiger partial charge on any atom is 0.269 e. The van der Waals surface area contributed by atoms with Crippen molar-refractivity contribution in [1.29, 1.82) is 0 Å². The zero-order chi connectivity index (χ0) is 18.8. The molecule has 0 atom stereocenters. The minimum absolute atomic E-state index is 0.00258. The highest BCUT2D eigenvalue weighted by molar-refractivity contribution is 5.93. The number of nitrogens with one attached hydrogen (secondary N) is 1. The number of hydrogen-bond acceptors (Lipinski definition) is 6. The molecule has 2 heterocycles. The molecular formula is C19H19N3O5. The summed E-state index contributed by atoms with van der Waals surface area (Å²) in [5.74, 6) is 1.26. The number of anilines is 2. The Bertz CT molecular complexity index is 860. The fourth-order valence-corrected chi connectivity index (χ4v) is 3.40. The summed E-state index contributed by atoms with van der Waals surface area (Å²) >= 11 is 0. The van der Waals surface area contributed by atoms with Gasteiger partial charge in [0.25, 0.3) is 5.69 Å². The molecule has 2 aromatic rings. The lowest BCUT2D eigenvalue weighted by atomic mass is 9.95. The van der Waals surface area contributed by atoms with Crippen molar-refractivity contribution in [3.63, 3.8) is 0 Å². The lowest BCUT2D eigenvalue weighted by molar-refractivity contribution is -0.384. The predicted molar refractivity (Wildman–Crippen MR) is 99.2 cm³/mol. The van der Waals surface area contributed by atoms with Crippen LogP contribution < -0.4 is 19.7 Å². The van der Waals surface area contributed by atoms with Crippen molar-refractivity contribution < 1.29 is 19.2 Å². The molecule has 1 fully saturated rings. The molecule has 0 aliphatic carbocycles. The SMILES string of the molecule is O=C(Nc1ccc2c(c1)OCO2)C1CCN(c2ccc([N+](=O)[O-])cc2)CC1. The Labute approximate surface area is 155 Å². The summed E-state index contributed by atoms with van der Waals surface area (Å²) in [4.78, 5) is 25.0. The number of carbonyl (C=O) groups is 1. The van der Waals surface area contributed by atoms with Crippen molar-refractivity contribution in [2.24, 2.45) is 5.92 Å². The second-order valence-electron chi connectivity index (χ2n) is 6.59. The molecular weight excluding hydrogens is 350 g/mol. The molecule has 27 heavy (non-hydrogen) atoms. The fraction of sp³-hybridized carbons (Fsp3) is 0.316. The Morgan fingerprint density at radius 2 is 1.78 bits per heavy atom. The smallest absolute Gasteiger partial charge is 0.269 e. The van der Waals surface area contributed by atoms with Crippen LogP contribution in [0.5, 0.6) is 11.5 Å². The zero-order valence-corrected chi connectivity index (χ0v) is 14.6. The number of nitro groups is 1. The number of benzene rings is 2. The zero-order valence-electron chi connectivity index (χ0n) is 14.6. The average Bonchev–Trinajstić information content (AvgIpc) is 3.16. The second-order valence-corrected chi connectivity index (χ2v) is 6.59. The maximum absolute atomic E-state index is 12.6. The Balaban J connectivity index is 1.33. The normalized spacial score (nSPS) is 16.2. The van der Waals surface area contributed by atoms with E-state index in [-0.39, 0.29) is 24.3 Å². The van der Waals surface area contributed by atoms with Crippen LogP contribution in [0.25, 0.3) is 0 Å². The van der Waals surface area contributed by atoms with E-state index in [0.717, 1.165) is 31.6 Å². The van der Waals surface area contributed by atoms with Gasteiger partial charge < -0.3 is 19.7 Å². The monoisotopic (exact) mass is 369 g/mol. The van der Waals surface area contributed by atoms with Gasteiger partial charge in [-0.15, -0.1) is 0 Å². The highest BCUT2D eigenvalue weighted by atomic mass is 16.7. The molecule has 2 aliphatic rings. The summed E-state index contributed by atoms with van der Waals surface area (Å²) in [5, 5.41) is 13.7. The van der Waals surface area contributed by atoms with Crippen LogP contribution in [0, 0.1) is 16.0 Å². The van der Waals surface area contributed by atoms with Crippen LogP contribution in [0.15, 0.2) is 42.5 Å². The first-order valence-electron chi connectivity index (χ1n) is 8.80. The Kier molecular flexibility index (Phi) is 4.53. The van der Waals surface area contributed by atoms with Crippen LogP contribution >= 0.6 is 0 Å². The molecule has 0 unspecified atom stereocenters. The summed E-state index contributed by atoms with van der Waals surface area (Å²) < 4.78 is 10.6. The van der Waals surface area contributed by atoms with Gasteiger partial charge in [0.05, 0.1) is 4.92 Å². The average molecular weight is 369 g/mol. The maximum atomic E-state index is 12.6. The number of hydrogen-bond donors (Lipinski definition) is 1. The van der Waals surface area contributed by atoms with Gasteiger partial charge in [-0.2, -0.15) is 0 Å². The van der Waals surface area contributed by atoms with Crippen molar-refractivity contribution in [2.75, 3.05) is 30.1 Å². The topological polar surface area (TPSA) is 93.9 Å². The Hall–Kier alpha value is -3.29. The highest BCUT2D eigenvalue weighted by Gasteiger charge is 2.26. The summed E-state index contributed by atoms with van der Waals surface area (Å²) in [6.45, 7) is 1.67. The van der Waals surface area contributed by atoms with E-state index in [2.05, 4.69) is 10.2 Å². The third kappa shape index (κ3) is 3.64. The van der Waals surface area contributed by atoms with Gasteiger partial charge in [0, 0.05) is 48.6 Å². The van der Waals surface area contributed by atoms with Gasteiger partial charge in [-0.1, -0.05) is 0 Å². The van der Waals surface area contributed by atoms with Crippen LogP contribution in [0.2, 0.25) is 0 Å². The molecule has 1 N–H and O–H groups in total. The van der Waals surface area contributed by atoms with Gasteiger partial charge in [-0.25, -0.2) is 0 Å². The van der Waals surface area contributed by atoms with E-state index in [0.29, 0.717) is 17.2 Å². The molecule has 0 spiro atoms. The number of amides is 1. The van der Waals surface area contributed by atoms with E-state index >= 15 is 0 Å². The first kappa shape index (κ1) is 17.1.